The van der Waals surface area contributed by atoms with Crippen LogP contribution in [0.15, 0.2) is 51.7 Å². The number of hydrogen-bond donors (Lipinski definition) is 1. The van der Waals surface area contributed by atoms with Crippen LogP contribution in [0.4, 0.5) is 0 Å². The lowest BCUT2D eigenvalue weighted by Gasteiger charge is -2.32. The summed E-state index contributed by atoms with van der Waals surface area (Å²) in [7, 11) is 3.40. The van der Waals surface area contributed by atoms with E-state index in [1.54, 1.807) is 43.3 Å². The molecular weight excluding hydrogens is 408 g/mol. The van der Waals surface area contributed by atoms with E-state index in [1.807, 2.05) is 18.2 Å². The summed E-state index contributed by atoms with van der Waals surface area (Å²) in [5, 5.41) is 19.2. The molecule has 1 unspecified atom stereocenters. The standard InChI is InChI=1S/C24H26N4O4/c1-26(23(30)12-16-6-7-22-20(11-16)27(2)24(31)32-22)21(15-28-9-8-19(29)14-28)18-5-3-4-17(10-18)13-25/h3-7,10-11,19,21,29H,8-9,12,14-15H2,1-2H3/t19?,21-/m1/s1. The largest absolute Gasteiger partial charge is 0.419 e. The number of nitrogens with zero attached hydrogens (tertiary/aromatic N) is 4. The minimum absolute atomic E-state index is 0.0787. The number of aliphatic hydroxyl groups excluding tert-OH is 1. The number of amides is 1. The molecule has 3 aromatic rings. The first-order valence-corrected chi connectivity index (χ1v) is 10.6. The zero-order valence-electron chi connectivity index (χ0n) is 18.2. The molecule has 1 aliphatic heterocycles. The van der Waals surface area contributed by atoms with Gasteiger partial charge in [-0.25, -0.2) is 4.79 Å². The van der Waals surface area contributed by atoms with Crippen molar-refractivity contribution >= 4 is 17.0 Å². The fourth-order valence-corrected chi connectivity index (χ4v) is 4.24. The van der Waals surface area contributed by atoms with Crippen LogP contribution in [0.3, 0.4) is 0 Å². The average molecular weight is 434 g/mol. The van der Waals surface area contributed by atoms with Crippen LogP contribution < -0.4 is 5.76 Å². The second kappa shape index (κ2) is 8.99. The van der Waals surface area contributed by atoms with Gasteiger partial charge in [-0.3, -0.25) is 14.3 Å². The van der Waals surface area contributed by atoms with Gasteiger partial charge in [0.2, 0.25) is 5.91 Å². The molecule has 8 heteroatoms. The van der Waals surface area contributed by atoms with E-state index in [2.05, 4.69) is 11.0 Å². The molecule has 0 saturated carbocycles. The fourth-order valence-electron chi connectivity index (χ4n) is 4.24. The number of carbonyl (C=O) groups excluding carboxylic acids is 1. The smallest absolute Gasteiger partial charge is 0.408 e. The second-order valence-electron chi connectivity index (χ2n) is 8.37. The van der Waals surface area contributed by atoms with Gasteiger partial charge in [-0.2, -0.15) is 5.26 Å². The molecule has 166 valence electrons. The summed E-state index contributed by atoms with van der Waals surface area (Å²) in [5.41, 5.74) is 3.34. The Labute approximate surface area is 185 Å². The average Bonchev–Trinajstić information content (AvgIpc) is 3.33. The highest BCUT2D eigenvalue weighted by molar-refractivity contribution is 5.81. The Morgan fingerprint density at radius 3 is 2.88 bits per heavy atom. The summed E-state index contributed by atoms with van der Waals surface area (Å²) in [5.74, 6) is -0.518. The lowest BCUT2D eigenvalue weighted by Crippen LogP contribution is -2.39. The van der Waals surface area contributed by atoms with Gasteiger partial charge < -0.3 is 14.4 Å². The maximum Gasteiger partial charge on any atom is 0.419 e. The highest BCUT2D eigenvalue weighted by atomic mass is 16.4. The Kier molecular flexibility index (Phi) is 6.12. The number of aliphatic hydroxyl groups is 1. The number of aromatic nitrogens is 1. The Hall–Kier alpha value is -3.41. The molecule has 1 N–H and O–H groups in total. The number of nitriles is 1. The molecule has 4 rings (SSSR count). The van der Waals surface area contributed by atoms with Crippen molar-refractivity contribution in [3.8, 4) is 6.07 Å². The van der Waals surface area contributed by atoms with E-state index < -0.39 is 5.76 Å². The number of likely N-dealkylation sites (tertiary alicyclic amines) is 1. The molecule has 0 spiro atoms. The van der Waals surface area contributed by atoms with Gasteiger partial charge in [0.15, 0.2) is 5.58 Å². The fraction of sp³-hybridized carbons (Fsp3) is 0.375. The Morgan fingerprint density at radius 1 is 1.34 bits per heavy atom. The van der Waals surface area contributed by atoms with Crippen LogP contribution in [-0.4, -0.2) is 58.2 Å². The van der Waals surface area contributed by atoms with Gasteiger partial charge in [-0.05, 0) is 41.8 Å². The number of fused-ring (bicyclic) bond motifs is 1. The quantitative estimate of drug-likeness (QED) is 0.635. The first kappa shape index (κ1) is 21.8. The van der Waals surface area contributed by atoms with Gasteiger partial charge in [-0.1, -0.05) is 18.2 Å². The third-order valence-electron chi connectivity index (χ3n) is 6.15. The van der Waals surface area contributed by atoms with Crippen LogP contribution >= 0.6 is 0 Å². The number of benzene rings is 2. The molecule has 32 heavy (non-hydrogen) atoms. The molecule has 1 saturated heterocycles. The molecule has 0 aliphatic carbocycles. The van der Waals surface area contributed by atoms with Crippen molar-refractivity contribution in [1.29, 1.82) is 5.26 Å². The van der Waals surface area contributed by atoms with Crippen molar-refractivity contribution in [2.45, 2.75) is 25.0 Å². The normalized spacial score (nSPS) is 17.4. The number of rotatable bonds is 6. The van der Waals surface area contributed by atoms with Crippen molar-refractivity contribution in [3.63, 3.8) is 0 Å². The molecule has 1 amide bonds. The van der Waals surface area contributed by atoms with E-state index in [1.165, 1.54) is 4.57 Å². The predicted octanol–water partition coefficient (Wildman–Crippen LogP) is 1.81. The number of carbonyl (C=O) groups is 1. The van der Waals surface area contributed by atoms with E-state index in [9.17, 15) is 20.0 Å². The molecular formula is C24H26N4O4. The third-order valence-corrected chi connectivity index (χ3v) is 6.15. The van der Waals surface area contributed by atoms with Crippen LogP contribution in [-0.2, 0) is 18.3 Å². The van der Waals surface area contributed by atoms with Crippen molar-refractivity contribution in [3.05, 3.63) is 69.7 Å². The lowest BCUT2D eigenvalue weighted by molar-refractivity contribution is -0.131. The highest BCUT2D eigenvalue weighted by Gasteiger charge is 2.28. The van der Waals surface area contributed by atoms with Crippen LogP contribution in [0.25, 0.3) is 11.1 Å². The minimum atomic E-state index is -0.439. The number of oxazole rings is 1. The number of hydrogen-bond acceptors (Lipinski definition) is 6. The summed E-state index contributed by atoms with van der Waals surface area (Å²) < 4.78 is 6.59. The van der Waals surface area contributed by atoms with Gasteiger partial charge in [0.1, 0.15) is 0 Å². The topological polar surface area (TPSA) is 103 Å². The number of aryl methyl sites for hydroxylation is 1. The van der Waals surface area contributed by atoms with Gasteiger partial charge in [0, 0.05) is 33.7 Å². The monoisotopic (exact) mass is 434 g/mol. The predicted molar refractivity (Wildman–Crippen MR) is 119 cm³/mol. The summed E-state index contributed by atoms with van der Waals surface area (Å²) >= 11 is 0. The first-order valence-electron chi connectivity index (χ1n) is 10.6. The van der Waals surface area contributed by atoms with Crippen LogP contribution in [0.5, 0.6) is 0 Å². The SMILES string of the molecule is CN(C(=O)Cc1ccc2oc(=O)n(C)c2c1)[C@H](CN1CCC(O)C1)c1cccc(C#N)c1. The van der Waals surface area contributed by atoms with Crippen LogP contribution in [0, 0.1) is 11.3 Å². The molecule has 2 aromatic carbocycles. The van der Waals surface area contributed by atoms with E-state index in [-0.39, 0.29) is 24.5 Å². The summed E-state index contributed by atoms with van der Waals surface area (Å²) in [4.78, 5) is 28.8. The Bertz CT molecular complexity index is 1240. The minimum Gasteiger partial charge on any atom is -0.408 e. The molecule has 0 radical (unpaired) electrons. The van der Waals surface area contributed by atoms with E-state index in [4.69, 9.17) is 4.42 Å². The van der Waals surface area contributed by atoms with Gasteiger partial charge in [0.25, 0.3) is 0 Å². The van der Waals surface area contributed by atoms with E-state index >= 15 is 0 Å². The van der Waals surface area contributed by atoms with Crippen molar-refractivity contribution in [2.75, 3.05) is 26.7 Å². The molecule has 2 atom stereocenters. The van der Waals surface area contributed by atoms with Gasteiger partial charge >= 0.3 is 5.76 Å². The van der Waals surface area contributed by atoms with E-state index in [0.29, 0.717) is 36.2 Å². The molecule has 1 fully saturated rings. The number of likely N-dealkylation sites (N-methyl/N-ethyl adjacent to an activating group) is 1. The second-order valence-corrected chi connectivity index (χ2v) is 8.37. The zero-order valence-corrected chi connectivity index (χ0v) is 18.2. The van der Waals surface area contributed by atoms with Crippen molar-refractivity contribution in [2.24, 2.45) is 7.05 Å². The Balaban J connectivity index is 1.58. The van der Waals surface area contributed by atoms with Crippen molar-refractivity contribution < 1.29 is 14.3 Å². The summed E-state index contributed by atoms with van der Waals surface area (Å²) in [6.45, 7) is 1.91. The number of β-amino-alcohol motifs (C(OH)–C–C–N with tert-alkyl or cyclic N) is 1. The first-order chi connectivity index (χ1) is 15.4. The van der Waals surface area contributed by atoms with Crippen LogP contribution in [0.1, 0.15) is 29.2 Å². The Morgan fingerprint density at radius 2 is 2.16 bits per heavy atom. The molecule has 2 heterocycles. The maximum atomic E-state index is 13.2. The molecule has 1 aromatic heterocycles. The molecule has 0 bridgehead atoms. The zero-order chi connectivity index (χ0) is 22.8. The maximum absolute atomic E-state index is 13.2. The van der Waals surface area contributed by atoms with Gasteiger partial charge in [0.05, 0.1) is 35.7 Å². The van der Waals surface area contributed by atoms with Crippen molar-refractivity contribution in [1.82, 2.24) is 14.4 Å². The third kappa shape index (κ3) is 4.44. The molecule has 8 nitrogen and oxygen atoms in total. The van der Waals surface area contributed by atoms with Crippen LogP contribution in [0.2, 0.25) is 0 Å². The summed E-state index contributed by atoms with van der Waals surface area (Å²) in [6, 6.07) is 14.5. The van der Waals surface area contributed by atoms with E-state index in [0.717, 1.165) is 17.7 Å². The summed E-state index contributed by atoms with van der Waals surface area (Å²) in [6.07, 6.45) is 0.532. The van der Waals surface area contributed by atoms with Gasteiger partial charge in [-0.15, -0.1) is 0 Å². The molecule has 1 aliphatic rings. The highest BCUT2D eigenvalue weighted by Crippen LogP contribution is 2.25. The lowest BCUT2D eigenvalue weighted by atomic mass is 10.0.